The fraction of sp³-hybridized carbons (Fsp3) is 0.619. The normalized spacial score (nSPS) is 25.2. The molecule has 2 fully saturated rings. The van der Waals surface area contributed by atoms with E-state index in [1.54, 1.807) is 4.90 Å². The van der Waals surface area contributed by atoms with Crippen LogP contribution in [0.25, 0.3) is 0 Å². The molecule has 0 aliphatic carbocycles. The van der Waals surface area contributed by atoms with Crippen molar-refractivity contribution in [2.45, 2.75) is 57.2 Å². The second-order valence-corrected chi connectivity index (χ2v) is 7.80. The van der Waals surface area contributed by atoms with Gasteiger partial charge in [-0.3, -0.25) is 4.79 Å². The molecule has 4 rings (SSSR count). The first-order valence-electron chi connectivity index (χ1n) is 10.4. The van der Waals surface area contributed by atoms with Crippen LogP contribution in [-0.4, -0.2) is 61.8 Å². The average molecular weight is 387 g/mol. The fourth-order valence-electron chi connectivity index (χ4n) is 4.82. The number of amides is 2. The van der Waals surface area contributed by atoms with Gasteiger partial charge in [-0.15, -0.1) is 0 Å². The van der Waals surface area contributed by atoms with Gasteiger partial charge in [-0.2, -0.15) is 0 Å². The van der Waals surface area contributed by atoms with Crippen LogP contribution in [0.3, 0.4) is 0 Å². The molecular formula is C21H29N3O4. The van der Waals surface area contributed by atoms with Crippen LogP contribution >= 0.6 is 0 Å². The lowest BCUT2D eigenvalue weighted by molar-refractivity contribution is -0.107. The highest BCUT2D eigenvalue weighted by Crippen LogP contribution is 2.36. The number of ether oxygens (including phenoxy) is 2. The first-order chi connectivity index (χ1) is 13.7. The fourth-order valence-corrected chi connectivity index (χ4v) is 4.82. The van der Waals surface area contributed by atoms with Gasteiger partial charge in [-0.1, -0.05) is 0 Å². The summed E-state index contributed by atoms with van der Waals surface area (Å²) in [7, 11) is 0. The summed E-state index contributed by atoms with van der Waals surface area (Å²) in [6.07, 6.45) is 5.64. The SMILES string of the molecule is CCOC(=O)N1C2CCC1CC(NCCN(C=O)c1ccc3c(c1)CCO3)C2. The minimum atomic E-state index is -0.166. The van der Waals surface area contributed by atoms with Crippen LogP contribution in [0.15, 0.2) is 18.2 Å². The third-order valence-electron chi connectivity index (χ3n) is 6.13. The van der Waals surface area contributed by atoms with E-state index in [9.17, 15) is 9.59 Å². The molecule has 0 saturated carbocycles. The lowest BCUT2D eigenvalue weighted by Crippen LogP contribution is -2.52. The smallest absolute Gasteiger partial charge is 0.410 e. The molecule has 2 bridgehead atoms. The zero-order valence-electron chi connectivity index (χ0n) is 16.4. The third kappa shape index (κ3) is 3.81. The number of rotatable bonds is 7. The molecule has 0 aromatic heterocycles. The standard InChI is InChI=1S/C21H29N3O4/c1-2-27-21(26)24-18-3-4-19(24)13-16(12-18)22-8-9-23(14-25)17-5-6-20-15(11-17)7-10-28-20/h5-6,11,14,16,18-19,22H,2-4,7-10,12-13H2,1H3. The van der Waals surface area contributed by atoms with E-state index in [1.807, 2.05) is 24.0 Å². The molecule has 1 aromatic carbocycles. The Labute approximate surface area is 166 Å². The number of nitrogens with zero attached hydrogens (tertiary/aromatic N) is 2. The van der Waals surface area contributed by atoms with Gasteiger partial charge >= 0.3 is 6.09 Å². The van der Waals surface area contributed by atoms with Crippen LogP contribution in [0.5, 0.6) is 5.75 Å². The van der Waals surface area contributed by atoms with Gasteiger partial charge in [0.15, 0.2) is 0 Å². The molecule has 7 heteroatoms. The minimum Gasteiger partial charge on any atom is -0.493 e. The van der Waals surface area contributed by atoms with Crippen LogP contribution in [0, 0.1) is 0 Å². The van der Waals surface area contributed by atoms with Crippen LogP contribution in [0.2, 0.25) is 0 Å². The number of nitrogens with one attached hydrogen (secondary N) is 1. The molecule has 2 atom stereocenters. The molecule has 2 amide bonds. The van der Waals surface area contributed by atoms with Crippen molar-refractivity contribution in [3.63, 3.8) is 0 Å². The van der Waals surface area contributed by atoms with Gasteiger partial charge in [-0.05, 0) is 56.4 Å². The molecule has 152 valence electrons. The van der Waals surface area contributed by atoms with E-state index >= 15 is 0 Å². The minimum absolute atomic E-state index is 0.166. The summed E-state index contributed by atoms with van der Waals surface area (Å²) in [4.78, 5) is 27.5. The Kier molecular flexibility index (Phi) is 5.71. The molecule has 7 nitrogen and oxygen atoms in total. The highest BCUT2D eigenvalue weighted by atomic mass is 16.6. The summed E-state index contributed by atoms with van der Waals surface area (Å²) >= 11 is 0. The Hall–Kier alpha value is -2.28. The Morgan fingerprint density at radius 3 is 2.86 bits per heavy atom. The van der Waals surface area contributed by atoms with Crippen molar-refractivity contribution in [3.8, 4) is 5.75 Å². The second-order valence-electron chi connectivity index (χ2n) is 7.80. The Balaban J connectivity index is 1.28. The molecule has 0 spiro atoms. The lowest BCUT2D eigenvalue weighted by Gasteiger charge is -2.38. The van der Waals surface area contributed by atoms with Gasteiger partial charge in [0.05, 0.1) is 13.2 Å². The molecule has 28 heavy (non-hydrogen) atoms. The molecule has 2 saturated heterocycles. The first kappa shape index (κ1) is 19.1. The number of hydrogen-bond donors (Lipinski definition) is 1. The van der Waals surface area contributed by atoms with Crippen molar-refractivity contribution in [2.24, 2.45) is 0 Å². The number of carbonyl (C=O) groups is 2. The maximum atomic E-state index is 12.2. The summed E-state index contributed by atoms with van der Waals surface area (Å²) in [6.45, 7) is 4.34. The van der Waals surface area contributed by atoms with Crippen molar-refractivity contribution in [1.82, 2.24) is 10.2 Å². The molecule has 1 N–H and O–H groups in total. The van der Waals surface area contributed by atoms with E-state index < -0.39 is 0 Å². The maximum absolute atomic E-state index is 12.2. The van der Waals surface area contributed by atoms with E-state index in [0.717, 1.165) is 56.5 Å². The van der Waals surface area contributed by atoms with Crippen LogP contribution < -0.4 is 15.0 Å². The van der Waals surface area contributed by atoms with E-state index in [2.05, 4.69) is 11.4 Å². The largest absolute Gasteiger partial charge is 0.493 e. The van der Waals surface area contributed by atoms with Crippen molar-refractivity contribution >= 4 is 18.2 Å². The van der Waals surface area contributed by atoms with Crippen molar-refractivity contribution < 1.29 is 19.1 Å². The molecule has 3 heterocycles. The monoisotopic (exact) mass is 387 g/mol. The molecule has 1 aromatic rings. The van der Waals surface area contributed by atoms with Crippen LogP contribution in [0.1, 0.15) is 38.2 Å². The predicted octanol–water partition coefficient (Wildman–Crippen LogP) is 2.33. The Morgan fingerprint density at radius 2 is 2.14 bits per heavy atom. The van der Waals surface area contributed by atoms with Crippen LogP contribution in [-0.2, 0) is 16.0 Å². The summed E-state index contributed by atoms with van der Waals surface area (Å²) in [6, 6.07) is 6.86. The number of piperidine rings is 1. The molecular weight excluding hydrogens is 358 g/mol. The van der Waals surface area contributed by atoms with Gasteiger partial charge in [-0.25, -0.2) is 4.79 Å². The number of anilines is 1. The van der Waals surface area contributed by atoms with Gasteiger partial charge in [0.25, 0.3) is 0 Å². The van der Waals surface area contributed by atoms with Gasteiger partial charge in [0.1, 0.15) is 5.75 Å². The summed E-state index contributed by atoms with van der Waals surface area (Å²) in [5, 5.41) is 3.60. The molecule has 3 aliphatic rings. The van der Waals surface area contributed by atoms with E-state index in [4.69, 9.17) is 9.47 Å². The van der Waals surface area contributed by atoms with Crippen LogP contribution in [0.4, 0.5) is 10.5 Å². The summed E-state index contributed by atoms with van der Waals surface area (Å²) < 4.78 is 10.8. The van der Waals surface area contributed by atoms with Crippen molar-refractivity contribution in [3.05, 3.63) is 23.8 Å². The van der Waals surface area contributed by atoms with Crippen molar-refractivity contribution in [1.29, 1.82) is 0 Å². The zero-order valence-corrected chi connectivity index (χ0v) is 16.4. The lowest BCUT2D eigenvalue weighted by atomic mass is 9.98. The van der Waals surface area contributed by atoms with Crippen molar-refractivity contribution in [2.75, 3.05) is 31.2 Å². The maximum Gasteiger partial charge on any atom is 0.410 e. The van der Waals surface area contributed by atoms with Gasteiger partial charge < -0.3 is 24.6 Å². The summed E-state index contributed by atoms with van der Waals surface area (Å²) in [5.41, 5.74) is 2.08. The molecule has 3 aliphatic heterocycles. The molecule has 0 radical (unpaired) electrons. The average Bonchev–Trinajstić information content (AvgIpc) is 3.27. The highest BCUT2D eigenvalue weighted by Gasteiger charge is 2.43. The number of hydrogen-bond acceptors (Lipinski definition) is 5. The second kappa shape index (κ2) is 8.39. The highest BCUT2D eigenvalue weighted by molar-refractivity contribution is 5.76. The topological polar surface area (TPSA) is 71.1 Å². The number of benzene rings is 1. The van der Waals surface area contributed by atoms with E-state index in [0.29, 0.717) is 25.8 Å². The first-order valence-corrected chi connectivity index (χ1v) is 10.4. The van der Waals surface area contributed by atoms with E-state index in [-0.39, 0.29) is 18.2 Å². The predicted molar refractivity (Wildman–Crippen MR) is 106 cm³/mol. The van der Waals surface area contributed by atoms with Gasteiger partial charge in [0.2, 0.25) is 6.41 Å². The van der Waals surface area contributed by atoms with E-state index in [1.165, 1.54) is 5.56 Å². The quantitative estimate of drug-likeness (QED) is 0.727. The summed E-state index contributed by atoms with van der Waals surface area (Å²) in [5.74, 6) is 0.927. The Bertz CT molecular complexity index is 712. The zero-order chi connectivity index (χ0) is 19.5. The number of carbonyl (C=O) groups excluding carboxylic acids is 2. The number of fused-ring (bicyclic) bond motifs is 3. The molecule has 2 unspecified atom stereocenters. The Morgan fingerprint density at radius 1 is 1.36 bits per heavy atom. The third-order valence-corrected chi connectivity index (χ3v) is 6.13. The van der Waals surface area contributed by atoms with Gasteiger partial charge in [0, 0.05) is 43.3 Å².